The van der Waals surface area contributed by atoms with Crippen LogP contribution in [0.3, 0.4) is 0 Å². The van der Waals surface area contributed by atoms with Crippen LogP contribution < -0.4 is 5.32 Å². The van der Waals surface area contributed by atoms with Crippen LogP contribution in [0.5, 0.6) is 0 Å². The molecule has 1 N–H and O–H groups in total. The van der Waals surface area contributed by atoms with Gasteiger partial charge in [0.25, 0.3) is 5.69 Å². The fourth-order valence-electron chi connectivity index (χ4n) is 2.60. The number of aryl methyl sites for hydroxylation is 1. The van der Waals surface area contributed by atoms with Crippen LogP contribution in [0, 0.1) is 10.1 Å². The van der Waals surface area contributed by atoms with Crippen molar-refractivity contribution in [3.05, 3.63) is 63.7 Å². The maximum Gasteiger partial charge on any atom is 0.270 e. The highest BCUT2D eigenvalue weighted by molar-refractivity contribution is 8.01. The number of nitro benzene ring substituents is 1. The van der Waals surface area contributed by atoms with Crippen LogP contribution in [0.25, 0.3) is 10.2 Å². The van der Waals surface area contributed by atoms with Crippen molar-refractivity contribution >= 4 is 44.9 Å². The molecule has 0 bridgehead atoms. The lowest BCUT2D eigenvalue weighted by Gasteiger charge is -2.14. The van der Waals surface area contributed by atoms with Crippen LogP contribution in [0.1, 0.15) is 31.0 Å². The molecule has 0 radical (unpaired) electrons. The number of non-ortho nitro benzene ring substituents is 1. The highest BCUT2D eigenvalue weighted by Gasteiger charge is 2.13. The third-order valence-corrected chi connectivity index (χ3v) is 6.32. The Morgan fingerprint density at radius 3 is 2.70 bits per heavy atom. The minimum atomic E-state index is -0.423. The Kier molecular flexibility index (Phi) is 6.08. The Balaban J connectivity index is 1.58. The normalized spacial score (nSPS) is 12.1. The van der Waals surface area contributed by atoms with Gasteiger partial charge in [-0.15, -0.1) is 11.3 Å². The van der Waals surface area contributed by atoms with Crippen molar-refractivity contribution in [1.29, 1.82) is 0 Å². The first-order chi connectivity index (χ1) is 13.0. The number of benzene rings is 2. The van der Waals surface area contributed by atoms with Gasteiger partial charge in [0.05, 0.1) is 26.9 Å². The molecule has 0 saturated carbocycles. The van der Waals surface area contributed by atoms with Crippen LogP contribution >= 0.6 is 23.1 Å². The molecule has 2 aromatic carbocycles. The second kappa shape index (κ2) is 8.49. The van der Waals surface area contributed by atoms with E-state index in [4.69, 9.17) is 0 Å². The number of thioether (sulfide) groups is 1. The number of thiazole rings is 1. The van der Waals surface area contributed by atoms with E-state index < -0.39 is 4.92 Å². The molecule has 3 rings (SSSR count). The maximum atomic E-state index is 12.2. The molecule has 0 saturated heterocycles. The van der Waals surface area contributed by atoms with Crippen LogP contribution in [0.15, 0.2) is 46.8 Å². The third kappa shape index (κ3) is 4.84. The SMILES string of the molecule is CCc1ccc([C@H](C)NC(=O)CSc2nc3ccc([N+](=O)[O-])cc3s2)cc1. The molecule has 1 heterocycles. The fourth-order valence-corrected chi connectivity index (χ4v) is 4.52. The van der Waals surface area contributed by atoms with Gasteiger partial charge in [-0.1, -0.05) is 43.0 Å². The molecule has 27 heavy (non-hydrogen) atoms. The summed E-state index contributed by atoms with van der Waals surface area (Å²) in [6.45, 7) is 4.07. The molecule has 0 spiro atoms. The predicted octanol–water partition coefficient (Wildman–Crippen LogP) is 4.74. The van der Waals surface area contributed by atoms with Crippen molar-refractivity contribution in [2.24, 2.45) is 0 Å². The van der Waals surface area contributed by atoms with Gasteiger partial charge in [-0.2, -0.15) is 0 Å². The third-order valence-electron chi connectivity index (χ3n) is 4.16. The zero-order valence-electron chi connectivity index (χ0n) is 15.0. The van der Waals surface area contributed by atoms with E-state index in [1.165, 1.54) is 40.8 Å². The van der Waals surface area contributed by atoms with E-state index in [0.29, 0.717) is 5.52 Å². The summed E-state index contributed by atoms with van der Waals surface area (Å²) < 4.78 is 1.47. The molecular weight excluding hydrogens is 382 g/mol. The highest BCUT2D eigenvalue weighted by atomic mass is 32.2. The number of hydrogen-bond acceptors (Lipinski definition) is 6. The standard InChI is InChI=1S/C19H19N3O3S2/c1-3-13-4-6-14(7-5-13)12(2)20-18(23)11-26-19-21-16-9-8-15(22(24)25)10-17(16)27-19/h4-10,12H,3,11H2,1-2H3,(H,20,23)/t12-/m0/s1. The lowest BCUT2D eigenvalue weighted by Crippen LogP contribution is -2.28. The number of carbonyl (C=O) groups excluding carboxylic acids is 1. The van der Waals surface area contributed by atoms with Crippen molar-refractivity contribution in [3.8, 4) is 0 Å². The van der Waals surface area contributed by atoms with Crippen molar-refractivity contribution < 1.29 is 9.72 Å². The van der Waals surface area contributed by atoms with Gasteiger partial charge in [0.1, 0.15) is 0 Å². The molecular formula is C19H19N3O3S2. The molecule has 1 atom stereocenters. The number of carbonyl (C=O) groups is 1. The summed E-state index contributed by atoms with van der Waals surface area (Å²) in [5.41, 5.74) is 3.09. The number of rotatable bonds is 7. The van der Waals surface area contributed by atoms with E-state index in [0.717, 1.165) is 21.0 Å². The van der Waals surface area contributed by atoms with E-state index in [9.17, 15) is 14.9 Å². The monoisotopic (exact) mass is 401 g/mol. The molecule has 6 nitrogen and oxygen atoms in total. The van der Waals surface area contributed by atoms with Crippen LogP contribution in [0.4, 0.5) is 5.69 Å². The number of amides is 1. The summed E-state index contributed by atoms with van der Waals surface area (Å²) in [4.78, 5) is 27.1. The molecule has 1 aromatic heterocycles. The smallest absolute Gasteiger partial charge is 0.270 e. The van der Waals surface area contributed by atoms with E-state index >= 15 is 0 Å². The molecule has 0 fully saturated rings. The van der Waals surface area contributed by atoms with Crippen LogP contribution in [-0.4, -0.2) is 21.6 Å². The molecule has 8 heteroatoms. The first kappa shape index (κ1) is 19.3. The number of nitrogens with zero attached hydrogens (tertiary/aromatic N) is 2. The molecule has 3 aromatic rings. The number of hydrogen-bond donors (Lipinski definition) is 1. The highest BCUT2D eigenvalue weighted by Crippen LogP contribution is 2.31. The molecule has 140 valence electrons. The van der Waals surface area contributed by atoms with Crippen molar-refractivity contribution in [2.75, 3.05) is 5.75 Å². The van der Waals surface area contributed by atoms with E-state index in [2.05, 4.69) is 29.4 Å². The minimum Gasteiger partial charge on any atom is -0.349 e. The Hall–Kier alpha value is -2.45. The zero-order chi connectivity index (χ0) is 19.4. The van der Waals surface area contributed by atoms with Crippen molar-refractivity contribution in [2.45, 2.75) is 30.6 Å². The summed E-state index contributed by atoms with van der Waals surface area (Å²) in [5, 5.41) is 13.8. The van der Waals surface area contributed by atoms with E-state index in [1.54, 1.807) is 6.07 Å². The zero-order valence-corrected chi connectivity index (χ0v) is 16.6. The Morgan fingerprint density at radius 2 is 2.04 bits per heavy atom. The van der Waals surface area contributed by atoms with Crippen molar-refractivity contribution in [3.63, 3.8) is 0 Å². The van der Waals surface area contributed by atoms with Gasteiger partial charge in [-0.3, -0.25) is 14.9 Å². The van der Waals surface area contributed by atoms with Gasteiger partial charge in [0, 0.05) is 12.1 Å². The Bertz CT molecular complexity index is 970. The molecule has 0 aliphatic heterocycles. The van der Waals surface area contributed by atoms with Gasteiger partial charge in [-0.05, 0) is 30.5 Å². The van der Waals surface area contributed by atoms with Crippen LogP contribution in [-0.2, 0) is 11.2 Å². The molecule has 1 amide bonds. The summed E-state index contributed by atoms with van der Waals surface area (Å²) >= 11 is 2.69. The van der Waals surface area contributed by atoms with Gasteiger partial charge in [-0.25, -0.2) is 4.98 Å². The Morgan fingerprint density at radius 1 is 1.30 bits per heavy atom. The average Bonchev–Trinajstić information content (AvgIpc) is 3.08. The van der Waals surface area contributed by atoms with Crippen LogP contribution in [0.2, 0.25) is 0 Å². The summed E-state index contributed by atoms with van der Waals surface area (Å²) in [6.07, 6.45) is 0.989. The summed E-state index contributed by atoms with van der Waals surface area (Å²) in [5.74, 6) is 0.177. The number of fused-ring (bicyclic) bond motifs is 1. The fraction of sp³-hybridized carbons (Fsp3) is 0.263. The van der Waals surface area contributed by atoms with E-state index in [1.807, 2.05) is 19.1 Å². The Labute approximate surface area is 165 Å². The minimum absolute atomic E-state index is 0.0448. The maximum absolute atomic E-state index is 12.2. The first-order valence-corrected chi connectivity index (χ1v) is 10.3. The predicted molar refractivity (Wildman–Crippen MR) is 109 cm³/mol. The molecule has 0 unspecified atom stereocenters. The topological polar surface area (TPSA) is 85.1 Å². The largest absolute Gasteiger partial charge is 0.349 e. The first-order valence-electron chi connectivity index (χ1n) is 8.52. The quantitative estimate of drug-likeness (QED) is 0.351. The molecule has 0 aliphatic rings. The summed E-state index contributed by atoms with van der Waals surface area (Å²) in [7, 11) is 0. The summed E-state index contributed by atoms with van der Waals surface area (Å²) in [6, 6.07) is 12.8. The van der Waals surface area contributed by atoms with E-state index in [-0.39, 0.29) is 23.4 Å². The van der Waals surface area contributed by atoms with Gasteiger partial charge >= 0.3 is 0 Å². The second-order valence-electron chi connectivity index (χ2n) is 6.06. The number of nitro groups is 1. The van der Waals surface area contributed by atoms with Gasteiger partial charge < -0.3 is 5.32 Å². The number of aromatic nitrogens is 1. The van der Waals surface area contributed by atoms with Crippen molar-refractivity contribution in [1.82, 2.24) is 10.3 Å². The van der Waals surface area contributed by atoms with Gasteiger partial charge in [0.2, 0.25) is 5.91 Å². The van der Waals surface area contributed by atoms with Gasteiger partial charge in [0.15, 0.2) is 4.34 Å². The lowest BCUT2D eigenvalue weighted by molar-refractivity contribution is -0.384. The number of nitrogens with one attached hydrogen (secondary N) is 1. The second-order valence-corrected chi connectivity index (χ2v) is 8.32. The molecule has 0 aliphatic carbocycles. The lowest BCUT2D eigenvalue weighted by atomic mass is 10.1. The average molecular weight is 402 g/mol.